The van der Waals surface area contributed by atoms with Crippen molar-refractivity contribution in [3.8, 4) is 17.0 Å². The molecule has 1 aromatic heterocycles. The molecular formula is C21H17N3O4S. The Bertz CT molecular complexity index is 1070. The van der Waals surface area contributed by atoms with Crippen LogP contribution < -0.4 is 10.1 Å². The highest BCUT2D eigenvalue weighted by Crippen LogP contribution is 2.28. The summed E-state index contributed by atoms with van der Waals surface area (Å²) in [5.41, 5.74) is 2.22. The zero-order valence-corrected chi connectivity index (χ0v) is 16.5. The van der Waals surface area contributed by atoms with Crippen LogP contribution in [-0.4, -0.2) is 40.8 Å². The minimum Gasteiger partial charge on any atom is -0.497 e. The number of benzene rings is 2. The number of thiazole rings is 1. The molecule has 1 atom stereocenters. The Morgan fingerprint density at radius 2 is 1.69 bits per heavy atom. The lowest BCUT2D eigenvalue weighted by Gasteiger charge is -2.21. The van der Waals surface area contributed by atoms with Crippen LogP contribution in [0.15, 0.2) is 53.9 Å². The molecule has 29 heavy (non-hydrogen) atoms. The van der Waals surface area contributed by atoms with Gasteiger partial charge in [0.1, 0.15) is 11.8 Å². The predicted molar refractivity (Wildman–Crippen MR) is 109 cm³/mol. The predicted octanol–water partition coefficient (Wildman–Crippen LogP) is 3.44. The highest BCUT2D eigenvalue weighted by molar-refractivity contribution is 7.14. The van der Waals surface area contributed by atoms with E-state index in [1.807, 2.05) is 29.6 Å². The third-order valence-electron chi connectivity index (χ3n) is 4.71. The lowest BCUT2D eigenvalue weighted by Crippen LogP contribution is -2.45. The summed E-state index contributed by atoms with van der Waals surface area (Å²) in [7, 11) is 1.60. The van der Waals surface area contributed by atoms with Gasteiger partial charge in [0.05, 0.1) is 23.9 Å². The molecule has 1 N–H and O–H groups in total. The molecule has 0 fully saturated rings. The first-order valence-electron chi connectivity index (χ1n) is 8.87. The summed E-state index contributed by atoms with van der Waals surface area (Å²) < 4.78 is 5.14. The minimum absolute atomic E-state index is 0.313. The highest BCUT2D eigenvalue weighted by Gasteiger charge is 2.40. The van der Waals surface area contributed by atoms with E-state index in [2.05, 4.69) is 10.3 Å². The van der Waals surface area contributed by atoms with Crippen molar-refractivity contribution in [3.63, 3.8) is 0 Å². The lowest BCUT2D eigenvalue weighted by atomic mass is 10.1. The maximum atomic E-state index is 12.7. The first-order valence-corrected chi connectivity index (χ1v) is 9.75. The van der Waals surface area contributed by atoms with Gasteiger partial charge in [0, 0.05) is 10.9 Å². The van der Waals surface area contributed by atoms with Gasteiger partial charge in [0.25, 0.3) is 11.8 Å². The number of fused-ring (bicyclic) bond motifs is 1. The molecule has 8 heteroatoms. The fourth-order valence-corrected chi connectivity index (χ4v) is 3.83. The van der Waals surface area contributed by atoms with Crippen LogP contribution in [0.5, 0.6) is 5.75 Å². The number of anilines is 1. The van der Waals surface area contributed by atoms with Crippen LogP contribution in [0.1, 0.15) is 27.6 Å². The van der Waals surface area contributed by atoms with E-state index in [1.54, 1.807) is 31.4 Å². The minimum atomic E-state index is -0.962. The summed E-state index contributed by atoms with van der Waals surface area (Å²) in [5.74, 6) is -0.667. The maximum absolute atomic E-state index is 12.7. The molecule has 146 valence electrons. The summed E-state index contributed by atoms with van der Waals surface area (Å²) in [6.45, 7) is 1.52. The van der Waals surface area contributed by atoms with Gasteiger partial charge in [-0.05, 0) is 43.3 Å². The number of hydrogen-bond acceptors (Lipinski definition) is 6. The fourth-order valence-electron chi connectivity index (χ4n) is 3.11. The Balaban J connectivity index is 1.48. The van der Waals surface area contributed by atoms with Crippen molar-refractivity contribution >= 4 is 34.2 Å². The van der Waals surface area contributed by atoms with E-state index >= 15 is 0 Å². The number of ether oxygens (including phenoxy) is 1. The lowest BCUT2D eigenvalue weighted by molar-refractivity contribution is -0.119. The van der Waals surface area contributed by atoms with E-state index in [0.29, 0.717) is 22.0 Å². The SMILES string of the molecule is COc1ccc(-c2csc(NC(=O)C(C)N3C(=O)c4ccccc4C3=O)n2)cc1. The molecule has 4 rings (SSSR count). The van der Waals surface area contributed by atoms with Crippen LogP contribution in [0.25, 0.3) is 11.3 Å². The van der Waals surface area contributed by atoms with E-state index in [0.717, 1.165) is 16.2 Å². The van der Waals surface area contributed by atoms with Crippen molar-refractivity contribution in [3.05, 3.63) is 65.0 Å². The molecule has 2 heterocycles. The van der Waals surface area contributed by atoms with E-state index in [1.165, 1.54) is 18.3 Å². The molecule has 0 saturated carbocycles. The molecule has 0 bridgehead atoms. The van der Waals surface area contributed by atoms with Crippen LogP contribution >= 0.6 is 11.3 Å². The average molecular weight is 407 g/mol. The Morgan fingerprint density at radius 1 is 1.07 bits per heavy atom. The third kappa shape index (κ3) is 3.38. The molecular weight excluding hydrogens is 390 g/mol. The standard InChI is InChI=1S/C21H17N3O4S/c1-12(24-19(26)15-5-3-4-6-16(15)20(24)27)18(25)23-21-22-17(11-29-21)13-7-9-14(28-2)10-8-13/h3-12H,1-2H3,(H,22,23,25). The van der Waals surface area contributed by atoms with Gasteiger partial charge in [-0.2, -0.15) is 0 Å². The van der Waals surface area contributed by atoms with Gasteiger partial charge < -0.3 is 10.1 Å². The Labute approximate surface area is 170 Å². The molecule has 0 radical (unpaired) electrons. The number of amides is 3. The third-order valence-corrected chi connectivity index (χ3v) is 5.47. The molecule has 3 amide bonds. The van der Waals surface area contributed by atoms with Crippen molar-refractivity contribution in [2.75, 3.05) is 12.4 Å². The monoisotopic (exact) mass is 407 g/mol. The van der Waals surface area contributed by atoms with Gasteiger partial charge >= 0.3 is 0 Å². The Kier molecular flexibility index (Phi) is 4.85. The normalized spacial score (nSPS) is 13.9. The number of nitrogens with one attached hydrogen (secondary N) is 1. The molecule has 3 aromatic rings. The number of aromatic nitrogens is 1. The maximum Gasteiger partial charge on any atom is 0.262 e. The Hall–Kier alpha value is -3.52. The van der Waals surface area contributed by atoms with Crippen LogP contribution in [-0.2, 0) is 4.79 Å². The van der Waals surface area contributed by atoms with Gasteiger partial charge in [-0.1, -0.05) is 12.1 Å². The van der Waals surface area contributed by atoms with Gasteiger partial charge in [-0.3, -0.25) is 19.3 Å². The fraction of sp³-hybridized carbons (Fsp3) is 0.143. The number of nitrogens with zero attached hydrogens (tertiary/aromatic N) is 2. The quantitative estimate of drug-likeness (QED) is 0.655. The van der Waals surface area contributed by atoms with E-state index < -0.39 is 23.8 Å². The number of rotatable bonds is 5. The second-order valence-corrected chi connectivity index (χ2v) is 7.32. The summed E-state index contributed by atoms with van der Waals surface area (Å²) in [6.07, 6.45) is 0. The second-order valence-electron chi connectivity index (χ2n) is 6.46. The number of carbonyl (C=O) groups is 3. The number of carbonyl (C=O) groups excluding carboxylic acids is 3. The van der Waals surface area contributed by atoms with E-state index in [-0.39, 0.29) is 0 Å². The van der Waals surface area contributed by atoms with Gasteiger partial charge in [0.15, 0.2) is 5.13 Å². The van der Waals surface area contributed by atoms with Crippen molar-refractivity contribution in [2.24, 2.45) is 0 Å². The van der Waals surface area contributed by atoms with Crippen molar-refractivity contribution in [2.45, 2.75) is 13.0 Å². The summed E-state index contributed by atoms with van der Waals surface area (Å²) in [5, 5.41) is 4.91. The molecule has 1 aliphatic heterocycles. The number of imide groups is 1. The van der Waals surface area contributed by atoms with Crippen LogP contribution in [0.3, 0.4) is 0 Å². The molecule has 0 aliphatic carbocycles. The first-order chi connectivity index (χ1) is 14.0. The largest absolute Gasteiger partial charge is 0.497 e. The molecule has 0 saturated heterocycles. The zero-order valence-electron chi connectivity index (χ0n) is 15.7. The summed E-state index contributed by atoms with van der Waals surface area (Å²) in [4.78, 5) is 43.2. The van der Waals surface area contributed by atoms with E-state index in [9.17, 15) is 14.4 Å². The molecule has 7 nitrogen and oxygen atoms in total. The summed E-state index contributed by atoms with van der Waals surface area (Å²) >= 11 is 1.27. The van der Waals surface area contributed by atoms with E-state index in [4.69, 9.17) is 4.74 Å². The van der Waals surface area contributed by atoms with Crippen LogP contribution in [0.4, 0.5) is 5.13 Å². The number of methoxy groups -OCH3 is 1. The van der Waals surface area contributed by atoms with Gasteiger partial charge in [-0.15, -0.1) is 11.3 Å². The summed E-state index contributed by atoms with van der Waals surface area (Å²) in [6, 6.07) is 13.0. The van der Waals surface area contributed by atoms with Crippen molar-refractivity contribution in [1.29, 1.82) is 0 Å². The molecule has 2 aromatic carbocycles. The topological polar surface area (TPSA) is 88.6 Å². The Morgan fingerprint density at radius 3 is 2.28 bits per heavy atom. The molecule has 0 spiro atoms. The number of hydrogen-bond donors (Lipinski definition) is 1. The molecule has 1 aliphatic rings. The van der Waals surface area contributed by atoms with Crippen molar-refractivity contribution < 1.29 is 19.1 Å². The van der Waals surface area contributed by atoms with Crippen LogP contribution in [0, 0.1) is 0 Å². The average Bonchev–Trinajstić information content (AvgIpc) is 3.31. The second kappa shape index (κ2) is 7.48. The van der Waals surface area contributed by atoms with Gasteiger partial charge in [-0.25, -0.2) is 4.98 Å². The molecule has 1 unspecified atom stereocenters. The highest BCUT2D eigenvalue weighted by atomic mass is 32.1. The smallest absolute Gasteiger partial charge is 0.262 e. The van der Waals surface area contributed by atoms with Gasteiger partial charge in [0.2, 0.25) is 5.91 Å². The van der Waals surface area contributed by atoms with Crippen LogP contribution in [0.2, 0.25) is 0 Å². The first kappa shape index (κ1) is 18.8. The van der Waals surface area contributed by atoms with Crippen molar-refractivity contribution in [1.82, 2.24) is 9.88 Å². The zero-order chi connectivity index (χ0) is 20.5.